The van der Waals surface area contributed by atoms with Gasteiger partial charge in [-0.05, 0) is 22.1 Å². The topological polar surface area (TPSA) is 81.9 Å². The Morgan fingerprint density at radius 1 is 1.15 bits per heavy atom. The highest BCUT2D eigenvalue weighted by atomic mass is 32.2. The van der Waals surface area contributed by atoms with Crippen LogP contribution >= 0.6 is 11.8 Å². The number of benzene rings is 2. The third-order valence-electron chi connectivity index (χ3n) is 3.68. The third kappa shape index (κ3) is 4.82. The maximum atomic E-state index is 12.1. The van der Waals surface area contributed by atoms with Gasteiger partial charge in [-0.15, -0.1) is 5.10 Å². The summed E-state index contributed by atoms with van der Waals surface area (Å²) in [5.74, 6) is 0.909. The van der Waals surface area contributed by atoms with E-state index >= 15 is 0 Å². The van der Waals surface area contributed by atoms with Gasteiger partial charge in [0.15, 0.2) is 0 Å². The molecule has 0 saturated carbocycles. The number of amides is 1. The third-order valence-corrected chi connectivity index (χ3v) is 4.63. The maximum absolute atomic E-state index is 12.1. The molecule has 1 N–H and O–H groups in total. The van der Waals surface area contributed by atoms with Crippen molar-refractivity contribution in [1.29, 1.82) is 0 Å². The maximum Gasteiger partial charge on any atom is 0.230 e. The van der Waals surface area contributed by atoms with Gasteiger partial charge in [0, 0.05) is 12.1 Å². The van der Waals surface area contributed by atoms with Crippen LogP contribution in [-0.2, 0) is 17.9 Å². The smallest absolute Gasteiger partial charge is 0.230 e. The molecule has 0 fully saturated rings. The summed E-state index contributed by atoms with van der Waals surface area (Å²) in [5, 5.41) is 15.2. The standard InChI is InChI=1S/C18H19N5O2S/c1-25-16-10-6-5-9-15(16)11-19-17(24)13-26-18-20-21-22-23(18)12-14-7-3-2-4-8-14/h2-10H,11-13H2,1H3,(H,19,24). The molecule has 1 heterocycles. The van der Waals surface area contributed by atoms with Gasteiger partial charge in [-0.2, -0.15) is 0 Å². The van der Waals surface area contributed by atoms with Gasteiger partial charge in [-0.25, -0.2) is 4.68 Å². The molecule has 0 unspecified atom stereocenters. The van der Waals surface area contributed by atoms with Gasteiger partial charge in [-0.1, -0.05) is 60.3 Å². The summed E-state index contributed by atoms with van der Waals surface area (Å²) in [6.07, 6.45) is 0. The summed E-state index contributed by atoms with van der Waals surface area (Å²) in [7, 11) is 1.61. The summed E-state index contributed by atoms with van der Waals surface area (Å²) >= 11 is 1.31. The molecule has 0 bridgehead atoms. The summed E-state index contributed by atoms with van der Waals surface area (Å²) in [6.45, 7) is 0.984. The van der Waals surface area contributed by atoms with Crippen LogP contribution in [0.5, 0.6) is 5.75 Å². The van der Waals surface area contributed by atoms with Gasteiger partial charge < -0.3 is 10.1 Å². The van der Waals surface area contributed by atoms with Crippen LogP contribution in [0.25, 0.3) is 0 Å². The van der Waals surface area contributed by atoms with Gasteiger partial charge in [0.25, 0.3) is 0 Å². The first-order chi connectivity index (χ1) is 12.8. The number of methoxy groups -OCH3 is 1. The average molecular weight is 369 g/mol. The molecule has 3 rings (SSSR count). The van der Waals surface area contributed by atoms with E-state index in [0.29, 0.717) is 18.2 Å². The molecule has 8 heteroatoms. The first-order valence-corrected chi connectivity index (χ1v) is 9.06. The Morgan fingerprint density at radius 3 is 2.73 bits per heavy atom. The summed E-state index contributed by atoms with van der Waals surface area (Å²) in [4.78, 5) is 12.1. The van der Waals surface area contributed by atoms with E-state index in [2.05, 4.69) is 20.8 Å². The zero-order valence-electron chi connectivity index (χ0n) is 14.3. The minimum atomic E-state index is -0.0878. The molecule has 0 saturated heterocycles. The van der Waals surface area contributed by atoms with Crippen molar-refractivity contribution in [1.82, 2.24) is 25.5 Å². The van der Waals surface area contributed by atoms with Crippen LogP contribution in [0.3, 0.4) is 0 Å². The number of para-hydroxylation sites is 1. The Kier molecular flexibility index (Phi) is 6.21. The second kappa shape index (κ2) is 9.00. The second-order valence-electron chi connectivity index (χ2n) is 5.48. The molecule has 26 heavy (non-hydrogen) atoms. The normalized spacial score (nSPS) is 10.5. The van der Waals surface area contributed by atoms with Gasteiger partial charge in [0.05, 0.1) is 19.4 Å². The van der Waals surface area contributed by atoms with E-state index in [-0.39, 0.29) is 11.7 Å². The molecule has 0 spiro atoms. The fraction of sp³-hybridized carbons (Fsp3) is 0.222. The molecule has 0 aliphatic carbocycles. The lowest BCUT2D eigenvalue weighted by Gasteiger charge is -2.09. The number of ether oxygens (including phenoxy) is 1. The van der Waals surface area contributed by atoms with E-state index in [1.165, 1.54) is 11.8 Å². The molecular formula is C18H19N5O2S. The Morgan fingerprint density at radius 2 is 1.92 bits per heavy atom. The molecule has 0 aliphatic rings. The first kappa shape index (κ1) is 17.9. The van der Waals surface area contributed by atoms with E-state index in [0.717, 1.165) is 16.9 Å². The van der Waals surface area contributed by atoms with Crippen molar-refractivity contribution < 1.29 is 9.53 Å². The molecule has 134 valence electrons. The number of rotatable bonds is 8. The summed E-state index contributed by atoms with van der Waals surface area (Å²) < 4.78 is 6.97. The van der Waals surface area contributed by atoms with E-state index in [4.69, 9.17) is 4.74 Å². The molecule has 7 nitrogen and oxygen atoms in total. The van der Waals surface area contributed by atoms with Crippen LogP contribution < -0.4 is 10.1 Å². The van der Waals surface area contributed by atoms with E-state index in [1.807, 2.05) is 54.6 Å². The van der Waals surface area contributed by atoms with Crippen LogP contribution in [0.1, 0.15) is 11.1 Å². The SMILES string of the molecule is COc1ccccc1CNC(=O)CSc1nnnn1Cc1ccccc1. The highest BCUT2D eigenvalue weighted by Gasteiger charge is 2.11. The number of hydrogen-bond acceptors (Lipinski definition) is 6. The molecule has 1 aromatic heterocycles. The van der Waals surface area contributed by atoms with Crippen molar-refractivity contribution >= 4 is 17.7 Å². The fourth-order valence-corrected chi connectivity index (χ4v) is 3.09. The van der Waals surface area contributed by atoms with Crippen molar-refractivity contribution in [3.63, 3.8) is 0 Å². The number of tetrazole rings is 1. The minimum Gasteiger partial charge on any atom is -0.496 e. The predicted molar refractivity (Wildman–Crippen MR) is 98.9 cm³/mol. The quantitative estimate of drug-likeness (QED) is 0.613. The average Bonchev–Trinajstić information content (AvgIpc) is 3.12. The van der Waals surface area contributed by atoms with E-state index in [1.54, 1.807) is 11.8 Å². The molecule has 2 aromatic carbocycles. The van der Waals surface area contributed by atoms with Crippen molar-refractivity contribution in [2.24, 2.45) is 0 Å². The number of aromatic nitrogens is 4. The highest BCUT2D eigenvalue weighted by Crippen LogP contribution is 2.17. The molecule has 0 aliphatic heterocycles. The van der Waals surface area contributed by atoms with Gasteiger partial charge in [0.2, 0.25) is 11.1 Å². The van der Waals surface area contributed by atoms with Gasteiger partial charge in [0.1, 0.15) is 5.75 Å². The van der Waals surface area contributed by atoms with Crippen LogP contribution in [0.4, 0.5) is 0 Å². The van der Waals surface area contributed by atoms with Crippen molar-refractivity contribution in [2.45, 2.75) is 18.2 Å². The van der Waals surface area contributed by atoms with Crippen LogP contribution in [0.2, 0.25) is 0 Å². The zero-order valence-corrected chi connectivity index (χ0v) is 15.1. The zero-order chi connectivity index (χ0) is 18.2. The molecule has 3 aromatic rings. The number of carbonyl (C=O) groups excluding carboxylic acids is 1. The van der Waals surface area contributed by atoms with Gasteiger partial charge in [-0.3, -0.25) is 4.79 Å². The molecular weight excluding hydrogens is 350 g/mol. The first-order valence-electron chi connectivity index (χ1n) is 8.07. The van der Waals surface area contributed by atoms with Crippen LogP contribution in [-0.4, -0.2) is 39.0 Å². The Bertz CT molecular complexity index is 854. The Hall–Kier alpha value is -2.87. The lowest BCUT2D eigenvalue weighted by Crippen LogP contribution is -2.25. The predicted octanol–water partition coefficient (Wildman–Crippen LogP) is 2.14. The monoisotopic (exact) mass is 369 g/mol. The Balaban J connectivity index is 1.51. The lowest BCUT2D eigenvalue weighted by molar-refractivity contribution is -0.118. The molecule has 0 radical (unpaired) electrons. The molecule has 0 atom stereocenters. The number of carbonyl (C=O) groups is 1. The highest BCUT2D eigenvalue weighted by molar-refractivity contribution is 7.99. The summed E-state index contributed by atoms with van der Waals surface area (Å²) in [5.41, 5.74) is 2.03. The number of hydrogen-bond donors (Lipinski definition) is 1. The van der Waals surface area contributed by atoms with Crippen molar-refractivity contribution in [2.75, 3.05) is 12.9 Å². The molecule has 1 amide bonds. The number of thioether (sulfide) groups is 1. The minimum absolute atomic E-state index is 0.0878. The number of nitrogens with one attached hydrogen (secondary N) is 1. The Labute approximate surface area is 155 Å². The van der Waals surface area contributed by atoms with Crippen LogP contribution in [0, 0.1) is 0 Å². The summed E-state index contributed by atoms with van der Waals surface area (Å²) in [6, 6.07) is 17.5. The number of nitrogens with zero attached hydrogens (tertiary/aromatic N) is 4. The van der Waals surface area contributed by atoms with Crippen molar-refractivity contribution in [3.8, 4) is 5.75 Å². The lowest BCUT2D eigenvalue weighted by atomic mass is 10.2. The van der Waals surface area contributed by atoms with E-state index in [9.17, 15) is 4.79 Å². The second-order valence-corrected chi connectivity index (χ2v) is 6.42. The van der Waals surface area contributed by atoms with Gasteiger partial charge >= 0.3 is 0 Å². The largest absolute Gasteiger partial charge is 0.496 e. The van der Waals surface area contributed by atoms with Crippen LogP contribution in [0.15, 0.2) is 59.8 Å². The van der Waals surface area contributed by atoms with E-state index < -0.39 is 0 Å². The van der Waals surface area contributed by atoms with Crippen molar-refractivity contribution in [3.05, 3.63) is 65.7 Å². The fourth-order valence-electron chi connectivity index (χ4n) is 2.38.